The molecule has 2 rings (SSSR count). The van der Waals surface area contributed by atoms with Gasteiger partial charge in [-0.15, -0.1) is 0 Å². The molecule has 114 valence electrons. The zero-order chi connectivity index (χ0) is 15.6. The number of rotatable bonds is 6. The van der Waals surface area contributed by atoms with Crippen LogP contribution < -0.4 is 4.74 Å². The highest BCUT2D eigenvalue weighted by Crippen LogP contribution is 2.46. The van der Waals surface area contributed by atoms with E-state index in [9.17, 15) is 14.9 Å². The number of carbonyl (C=O) groups is 1. The molecule has 0 bridgehead atoms. The summed E-state index contributed by atoms with van der Waals surface area (Å²) in [7, 11) is 0. The number of nitro groups is 1. The Morgan fingerprint density at radius 1 is 1.33 bits per heavy atom. The van der Waals surface area contributed by atoms with Gasteiger partial charge in [0, 0.05) is 12.5 Å². The van der Waals surface area contributed by atoms with E-state index in [1.54, 1.807) is 12.1 Å². The van der Waals surface area contributed by atoms with E-state index in [-0.39, 0.29) is 23.3 Å². The molecule has 1 unspecified atom stereocenters. The normalized spacial score (nSPS) is 20.0. The number of hydrogen-bond acceptors (Lipinski definition) is 4. The van der Waals surface area contributed by atoms with Gasteiger partial charge in [0.15, 0.2) is 5.75 Å². The average molecular weight is 291 g/mol. The van der Waals surface area contributed by atoms with E-state index in [2.05, 4.69) is 0 Å². The summed E-state index contributed by atoms with van der Waals surface area (Å²) >= 11 is 0. The van der Waals surface area contributed by atoms with Crippen LogP contribution in [0.4, 0.5) is 5.69 Å². The molecule has 1 aliphatic rings. The molecular formula is C16H21NO4. The summed E-state index contributed by atoms with van der Waals surface area (Å²) in [5.41, 5.74) is 0.405. The summed E-state index contributed by atoms with van der Waals surface area (Å²) in [4.78, 5) is 22.7. The summed E-state index contributed by atoms with van der Waals surface area (Å²) in [5.74, 6) is 0.464. The van der Waals surface area contributed by atoms with Gasteiger partial charge in [0.1, 0.15) is 11.9 Å². The Kier molecular flexibility index (Phi) is 4.30. The van der Waals surface area contributed by atoms with Crippen LogP contribution in [0, 0.1) is 15.5 Å². The van der Waals surface area contributed by atoms with Gasteiger partial charge in [0.2, 0.25) is 0 Å². The molecule has 1 fully saturated rings. The third-order valence-corrected chi connectivity index (χ3v) is 4.70. The molecule has 0 radical (unpaired) electrons. The summed E-state index contributed by atoms with van der Waals surface area (Å²) < 4.78 is 5.85. The number of aryl methyl sites for hydroxylation is 1. The highest BCUT2D eigenvalue weighted by atomic mass is 16.6. The molecule has 0 amide bonds. The van der Waals surface area contributed by atoms with Gasteiger partial charge in [0.25, 0.3) is 0 Å². The quantitative estimate of drug-likeness (QED) is 0.592. The van der Waals surface area contributed by atoms with Crippen molar-refractivity contribution in [1.82, 2.24) is 0 Å². The van der Waals surface area contributed by atoms with Gasteiger partial charge in [0.05, 0.1) is 10.3 Å². The number of Topliss-reactive ketones (excluding diaryl/α,β-unsaturated/α-hetero) is 1. The number of ether oxygens (including phenoxy) is 1. The fraction of sp³-hybridized carbons (Fsp3) is 0.562. The van der Waals surface area contributed by atoms with Gasteiger partial charge in [-0.25, -0.2) is 0 Å². The maximum absolute atomic E-state index is 11.9. The molecule has 1 aliphatic carbocycles. The predicted octanol–water partition coefficient (Wildman–Crippen LogP) is 3.68. The molecular weight excluding hydrogens is 270 g/mol. The molecule has 1 aromatic rings. The van der Waals surface area contributed by atoms with Crippen LogP contribution in [0.2, 0.25) is 0 Å². The van der Waals surface area contributed by atoms with Crippen molar-refractivity contribution in [2.45, 2.75) is 52.6 Å². The van der Waals surface area contributed by atoms with Crippen molar-refractivity contribution in [3.63, 3.8) is 0 Å². The van der Waals surface area contributed by atoms with Crippen LogP contribution in [0.5, 0.6) is 5.75 Å². The van der Waals surface area contributed by atoms with Crippen molar-refractivity contribution in [2.75, 3.05) is 0 Å². The van der Waals surface area contributed by atoms with Crippen LogP contribution in [0.3, 0.4) is 0 Å². The van der Waals surface area contributed by atoms with E-state index in [1.165, 1.54) is 0 Å². The van der Waals surface area contributed by atoms with Crippen LogP contribution in [0.15, 0.2) is 18.2 Å². The molecule has 0 aromatic heterocycles. The van der Waals surface area contributed by atoms with E-state index in [0.717, 1.165) is 12.0 Å². The Morgan fingerprint density at radius 2 is 2.00 bits per heavy atom. The second-order valence-electron chi connectivity index (χ2n) is 5.51. The Labute approximate surface area is 124 Å². The first kappa shape index (κ1) is 15.5. The Bertz CT molecular complexity index is 563. The van der Waals surface area contributed by atoms with E-state index in [4.69, 9.17) is 4.74 Å². The van der Waals surface area contributed by atoms with Gasteiger partial charge in [-0.3, -0.25) is 14.9 Å². The SMILES string of the molecule is CCc1ccc(OC2CC(=O)C2(CC)CC)c([N+](=O)[O-])c1. The van der Waals surface area contributed by atoms with Gasteiger partial charge in [-0.05, 0) is 30.9 Å². The third kappa shape index (κ3) is 2.52. The van der Waals surface area contributed by atoms with Crippen molar-refractivity contribution in [3.8, 4) is 5.75 Å². The molecule has 0 N–H and O–H groups in total. The molecule has 0 aliphatic heterocycles. The Balaban J connectivity index is 2.28. The first-order chi connectivity index (χ1) is 9.98. The maximum atomic E-state index is 11.9. The van der Waals surface area contributed by atoms with Crippen LogP contribution >= 0.6 is 0 Å². The minimum absolute atomic E-state index is 0.0187. The Morgan fingerprint density at radius 3 is 2.48 bits per heavy atom. The molecule has 1 saturated carbocycles. The predicted molar refractivity (Wildman–Crippen MR) is 79.5 cm³/mol. The number of nitrogens with zero attached hydrogens (tertiary/aromatic N) is 1. The van der Waals surface area contributed by atoms with Crippen molar-refractivity contribution in [3.05, 3.63) is 33.9 Å². The molecule has 0 spiro atoms. The highest BCUT2D eigenvalue weighted by Gasteiger charge is 2.54. The largest absolute Gasteiger partial charge is 0.482 e. The number of carbonyl (C=O) groups excluding carboxylic acids is 1. The molecule has 5 heteroatoms. The van der Waals surface area contributed by atoms with E-state index in [1.807, 2.05) is 26.8 Å². The molecule has 1 aromatic carbocycles. The molecule has 0 heterocycles. The van der Waals surface area contributed by atoms with Crippen LogP contribution in [-0.4, -0.2) is 16.8 Å². The zero-order valence-corrected chi connectivity index (χ0v) is 12.7. The van der Waals surface area contributed by atoms with Gasteiger partial charge < -0.3 is 4.74 Å². The molecule has 21 heavy (non-hydrogen) atoms. The monoisotopic (exact) mass is 291 g/mol. The second kappa shape index (κ2) is 5.84. The number of benzene rings is 1. The fourth-order valence-electron chi connectivity index (χ4n) is 3.05. The lowest BCUT2D eigenvalue weighted by Crippen LogP contribution is -2.56. The first-order valence-electron chi connectivity index (χ1n) is 7.45. The standard InChI is InChI=1S/C16H21NO4/c1-4-11-7-8-13(12(9-11)17(19)20)21-15-10-14(18)16(15,5-2)6-3/h7-9,15H,4-6,10H2,1-3H3. The first-order valence-corrected chi connectivity index (χ1v) is 7.45. The summed E-state index contributed by atoms with van der Waals surface area (Å²) in [6.07, 6.45) is 2.22. The molecule has 0 saturated heterocycles. The smallest absolute Gasteiger partial charge is 0.311 e. The van der Waals surface area contributed by atoms with Crippen molar-refractivity contribution >= 4 is 11.5 Å². The van der Waals surface area contributed by atoms with Crippen LogP contribution in [0.1, 0.15) is 45.6 Å². The third-order valence-electron chi connectivity index (χ3n) is 4.70. The molecule has 5 nitrogen and oxygen atoms in total. The maximum Gasteiger partial charge on any atom is 0.311 e. The minimum atomic E-state index is -0.475. The number of hydrogen-bond donors (Lipinski definition) is 0. The summed E-state index contributed by atoms with van der Waals surface area (Å²) in [6, 6.07) is 5.04. The summed E-state index contributed by atoms with van der Waals surface area (Å²) in [5, 5.41) is 11.2. The van der Waals surface area contributed by atoms with E-state index in [0.29, 0.717) is 19.3 Å². The lowest BCUT2D eigenvalue weighted by Gasteiger charge is -2.46. The van der Waals surface area contributed by atoms with Crippen molar-refractivity contribution in [1.29, 1.82) is 0 Å². The van der Waals surface area contributed by atoms with Gasteiger partial charge >= 0.3 is 5.69 Å². The van der Waals surface area contributed by atoms with Gasteiger partial charge in [-0.1, -0.05) is 26.8 Å². The van der Waals surface area contributed by atoms with Crippen LogP contribution in [0.25, 0.3) is 0 Å². The highest BCUT2D eigenvalue weighted by molar-refractivity contribution is 5.92. The second-order valence-corrected chi connectivity index (χ2v) is 5.51. The topological polar surface area (TPSA) is 69.4 Å². The molecule has 1 atom stereocenters. The lowest BCUT2D eigenvalue weighted by molar-refractivity contribution is -0.386. The van der Waals surface area contributed by atoms with Gasteiger partial charge in [-0.2, -0.15) is 0 Å². The van der Waals surface area contributed by atoms with E-state index < -0.39 is 10.3 Å². The minimum Gasteiger partial charge on any atom is -0.482 e. The number of ketones is 1. The van der Waals surface area contributed by atoms with Crippen molar-refractivity contribution in [2.24, 2.45) is 5.41 Å². The number of nitro benzene ring substituents is 1. The zero-order valence-electron chi connectivity index (χ0n) is 12.7. The van der Waals surface area contributed by atoms with Crippen LogP contribution in [-0.2, 0) is 11.2 Å². The average Bonchev–Trinajstić information content (AvgIpc) is 2.48. The summed E-state index contributed by atoms with van der Waals surface area (Å²) in [6.45, 7) is 5.88. The van der Waals surface area contributed by atoms with Crippen molar-refractivity contribution < 1.29 is 14.5 Å². The fourth-order valence-corrected chi connectivity index (χ4v) is 3.05. The van der Waals surface area contributed by atoms with E-state index >= 15 is 0 Å². The Hall–Kier alpha value is -1.91. The lowest BCUT2D eigenvalue weighted by atomic mass is 9.61.